The van der Waals surface area contributed by atoms with E-state index in [9.17, 15) is 9.59 Å². The first-order valence-corrected chi connectivity index (χ1v) is 11.3. The molecule has 0 spiro atoms. The highest BCUT2D eigenvalue weighted by Gasteiger charge is 2.73. The fraction of sp³-hybridized carbons (Fsp3) is 0.833. The molecule has 4 rings (SSSR count). The summed E-state index contributed by atoms with van der Waals surface area (Å²) in [7, 11) is 0. The van der Waals surface area contributed by atoms with Crippen molar-refractivity contribution in [3.05, 3.63) is 11.6 Å². The Balaban J connectivity index is 1.80. The van der Waals surface area contributed by atoms with Gasteiger partial charge in [-0.2, -0.15) is 0 Å². The first-order valence-electron chi connectivity index (χ1n) is 11.3. The highest BCUT2D eigenvalue weighted by Crippen LogP contribution is 2.64. The molecule has 0 aromatic rings. The maximum Gasteiger partial charge on any atom is 0.303 e. The lowest BCUT2D eigenvalue weighted by Crippen LogP contribution is -2.56. The summed E-state index contributed by atoms with van der Waals surface area (Å²) in [6.07, 6.45) is 5.33. The molecule has 168 valence electrons. The van der Waals surface area contributed by atoms with Crippen molar-refractivity contribution in [2.24, 2.45) is 17.8 Å². The van der Waals surface area contributed by atoms with E-state index in [-0.39, 0.29) is 53.6 Å². The number of esters is 2. The molecule has 0 unspecified atom stereocenters. The third kappa shape index (κ3) is 3.50. The van der Waals surface area contributed by atoms with E-state index >= 15 is 0 Å². The topological polar surface area (TPSA) is 74.4 Å². The molecule has 2 saturated heterocycles. The predicted octanol–water partition coefficient (Wildman–Crippen LogP) is 3.96. The molecule has 0 aromatic carbocycles. The molecule has 0 aromatic heterocycles. The highest BCUT2D eigenvalue weighted by atomic mass is 16.6. The summed E-state index contributed by atoms with van der Waals surface area (Å²) < 4.78 is 24.8. The lowest BCUT2D eigenvalue weighted by molar-refractivity contribution is -0.184. The van der Waals surface area contributed by atoms with Crippen LogP contribution in [-0.2, 0) is 28.5 Å². The molecule has 8 atom stereocenters. The van der Waals surface area contributed by atoms with Crippen LogP contribution in [0.2, 0.25) is 0 Å². The molecule has 0 amide bonds. The van der Waals surface area contributed by atoms with Crippen LogP contribution in [-0.4, -0.2) is 47.1 Å². The van der Waals surface area contributed by atoms with Crippen LogP contribution in [0.25, 0.3) is 0 Å². The molecular weight excluding hydrogens is 384 g/mol. The number of allylic oxidation sites excluding steroid dienone is 1. The Labute approximate surface area is 179 Å². The maximum absolute atomic E-state index is 12.1. The molecule has 6 heteroatoms. The second-order valence-corrected chi connectivity index (χ2v) is 10.7. The average Bonchev–Trinajstić information content (AvgIpc) is 3.08. The standard InChI is InChI=1S/C24H36O6/c1-13-9-8-10-23(6,29-15(3)26)21-19-16(22(4,5)28-14(2)25)12-18-24(7,30-18)20(19)17(11-13)27-21/h9,16-21H,8,10-12H2,1-7H3/b13-9-/t16-,17+,18+,19+,20+,21+,23+,24+/m0/s1. The number of rotatable bonds is 3. The van der Waals surface area contributed by atoms with Crippen molar-refractivity contribution in [2.75, 3.05) is 0 Å². The summed E-state index contributed by atoms with van der Waals surface area (Å²) in [6, 6.07) is 0. The van der Waals surface area contributed by atoms with Gasteiger partial charge in [0.2, 0.25) is 0 Å². The molecule has 0 radical (unpaired) electrons. The zero-order valence-corrected chi connectivity index (χ0v) is 19.3. The first-order chi connectivity index (χ1) is 13.9. The van der Waals surface area contributed by atoms with E-state index in [1.54, 1.807) is 0 Å². The van der Waals surface area contributed by atoms with Crippen LogP contribution in [0.5, 0.6) is 0 Å². The van der Waals surface area contributed by atoms with E-state index in [1.165, 1.54) is 19.4 Å². The molecule has 30 heavy (non-hydrogen) atoms. The van der Waals surface area contributed by atoms with Crippen molar-refractivity contribution in [1.82, 2.24) is 0 Å². The molecule has 3 heterocycles. The Morgan fingerprint density at radius 1 is 1.20 bits per heavy atom. The van der Waals surface area contributed by atoms with Crippen LogP contribution < -0.4 is 0 Å². The predicted molar refractivity (Wildman–Crippen MR) is 111 cm³/mol. The molecule has 1 saturated carbocycles. The van der Waals surface area contributed by atoms with Gasteiger partial charge in [-0.05, 0) is 60.3 Å². The van der Waals surface area contributed by atoms with Gasteiger partial charge in [-0.3, -0.25) is 9.59 Å². The molecule has 3 fully saturated rings. The van der Waals surface area contributed by atoms with E-state index < -0.39 is 11.2 Å². The van der Waals surface area contributed by atoms with E-state index in [1.807, 2.05) is 20.8 Å². The molecule has 0 N–H and O–H groups in total. The van der Waals surface area contributed by atoms with Gasteiger partial charge in [0.05, 0.1) is 17.8 Å². The normalized spacial score (nSPS) is 46.8. The largest absolute Gasteiger partial charge is 0.460 e. The van der Waals surface area contributed by atoms with Gasteiger partial charge in [0.15, 0.2) is 0 Å². The van der Waals surface area contributed by atoms with E-state index in [0.29, 0.717) is 6.42 Å². The maximum atomic E-state index is 12.1. The van der Waals surface area contributed by atoms with Crippen LogP contribution in [0.1, 0.15) is 74.1 Å². The Morgan fingerprint density at radius 2 is 1.90 bits per heavy atom. The Hall–Kier alpha value is -1.40. The van der Waals surface area contributed by atoms with Gasteiger partial charge in [0.1, 0.15) is 17.3 Å². The van der Waals surface area contributed by atoms with Gasteiger partial charge < -0.3 is 18.9 Å². The van der Waals surface area contributed by atoms with Crippen LogP contribution in [0.3, 0.4) is 0 Å². The highest BCUT2D eigenvalue weighted by molar-refractivity contribution is 5.67. The molecular formula is C24H36O6. The number of epoxide rings is 1. The molecule has 6 nitrogen and oxygen atoms in total. The Bertz CT molecular complexity index is 772. The zero-order chi connectivity index (χ0) is 22.1. The van der Waals surface area contributed by atoms with E-state index in [0.717, 1.165) is 19.3 Å². The van der Waals surface area contributed by atoms with Crippen LogP contribution in [0.4, 0.5) is 0 Å². The van der Waals surface area contributed by atoms with Crippen molar-refractivity contribution < 1.29 is 28.5 Å². The third-order valence-electron chi connectivity index (χ3n) is 7.99. The fourth-order valence-corrected chi connectivity index (χ4v) is 6.75. The van der Waals surface area contributed by atoms with Gasteiger partial charge in [0.25, 0.3) is 0 Å². The second kappa shape index (κ2) is 7.06. The summed E-state index contributed by atoms with van der Waals surface area (Å²) in [5.74, 6) is -0.281. The number of carbonyl (C=O) groups is 2. The lowest BCUT2D eigenvalue weighted by atomic mass is 9.58. The number of carbonyl (C=O) groups excluding carboxylic acids is 2. The zero-order valence-electron chi connectivity index (χ0n) is 19.3. The minimum atomic E-state index is -0.743. The number of hydrogen-bond donors (Lipinski definition) is 0. The quantitative estimate of drug-likeness (QED) is 0.391. The van der Waals surface area contributed by atoms with Gasteiger partial charge in [-0.1, -0.05) is 11.6 Å². The van der Waals surface area contributed by atoms with Gasteiger partial charge in [0, 0.05) is 31.6 Å². The number of hydrogen-bond acceptors (Lipinski definition) is 6. The molecule has 1 aliphatic carbocycles. The van der Waals surface area contributed by atoms with Crippen molar-refractivity contribution >= 4 is 11.9 Å². The summed E-state index contributed by atoms with van der Waals surface area (Å²) in [4.78, 5) is 24.0. The van der Waals surface area contributed by atoms with Gasteiger partial charge in [-0.15, -0.1) is 0 Å². The minimum absolute atomic E-state index is 0.00448. The molecule has 4 aliphatic rings. The van der Waals surface area contributed by atoms with Crippen molar-refractivity contribution in [2.45, 2.75) is 109 Å². The van der Waals surface area contributed by atoms with Crippen molar-refractivity contribution in [3.63, 3.8) is 0 Å². The van der Waals surface area contributed by atoms with Gasteiger partial charge >= 0.3 is 11.9 Å². The van der Waals surface area contributed by atoms with E-state index in [2.05, 4.69) is 19.9 Å². The smallest absolute Gasteiger partial charge is 0.303 e. The third-order valence-corrected chi connectivity index (χ3v) is 7.99. The lowest BCUT2D eigenvalue weighted by Gasteiger charge is -2.47. The number of ether oxygens (including phenoxy) is 4. The van der Waals surface area contributed by atoms with Crippen molar-refractivity contribution in [3.8, 4) is 0 Å². The molecule has 2 bridgehead atoms. The summed E-state index contributed by atoms with van der Waals surface area (Å²) in [5, 5.41) is 0. The first kappa shape index (κ1) is 21.8. The summed E-state index contributed by atoms with van der Waals surface area (Å²) in [5.41, 5.74) is -0.338. The van der Waals surface area contributed by atoms with Crippen molar-refractivity contribution in [1.29, 1.82) is 0 Å². The van der Waals surface area contributed by atoms with E-state index in [4.69, 9.17) is 18.9 Å². The summed E-state index contributed by atoms with van der Waals surface area (Å²) in [6.45, 7) is 13.3. The second-order valence-electron chi connectivity index (χ2n) is 10.7. The minimum Gasteiger partial charge on any atom is -0.460 e. The fourth-order valence-electron chi connectivity index (χ4n) is 6.75. The Morgan fingerprint density at radius 3 is 2.53 bits per heavy atom. The monoisotopic (exact) mass is 420 g/mol. The van der Waals surface area contributed by atoms with Gasteiger partial charge in [-0.25, -0.2) is 0 Å². The number of fused-ring (bicyclic) bond motifs is 7. The molecule has 3 aliphatic heterocycles. The average molecular weight is 421 g/mol. The Kier molecular flexibility index (Phi) is 5.13. The van der Waals surface area contributed by atoms with Crippen LogP contribution in [0.15, 0.2) is 11.6 Å². The van der Waals surface area contributed by atoms with Crippen LogP contribution in [0, 0.1) is 17.8 Å². The SMILES string of the molecule is CC(=O)OC(C)(C)[C@H]1C[C@H]2O[C@@]2(C)[C@H]2[C@@H]1[C@H]1O[C@@H]2C/C(C)=C\CC[C@@]1(C)OC(C)=O. The van der Waals surface area contributed by atoms with Crippen LogP contribution >= 0.6 is 0 Å². The summed E-state index contributed by atoms with van der Waals surface area (Å²) >= 11 is 0.